The maximum Gasteiger partial charge on any atom is 0.325 e. The molecule has 0 spiro atoms. The molecule has 0 saturated heterocycles. The minimum atomic E-state index is -1.09. The van der Waals surface area contributed by atoms with Crippen LogP contribution in [0.4, 0.5) is 0 Å². The average Bonchev–Trinajstić information content (AvgIpc) is 3.39. The summed E-state index contributed by atoms with van der Waals surface area (Å²) >= 11 is 1.25. The molecular formula is C24H30N4O5S. The lowest BCUT2D eigenvalue weighted by Gasteiger charge is -2.32. The summed E-state index contributed by atoms with van der Waals surface area (Å²) < 4.78 is 5.06. The molecule has 2 heterocycles. The molecule has 34 heavy (non-hydrogen) atoms. The van der Waals surface area contributed by atoms with Crippen LogP contribution in [-0.2, 0) is 19.1 Å². The highest BCUT2D eigenvalue weighted by Gasteiger charge is 2.34. The van der Waals surface area contributed by atoms with Crippen molar-refractivity contribution in [3.8, 4) is 0 Å². The summed E-state index contributed by atoms with van der Waals surface area (Å²) in [6.45, 7) is 1.00. The van der Waals surface area contributed by atoms with Crippen LogP contribution < -0.4 is 10.6 Å². The molecule has 2 aromatic heterocycles. The third kappa shape index (κ3) is 7.11. The van der Waals surface area contributed by atoms with Gasteiger partial charge in [0, 0.05) is 24.0 Å². The number of rotatable bonds is 10. The second-order valence-electron chi connectivity index (χ2n) is 8.02. The minimum Gasteiger partial charge on any atom is -0.465 e. The molecule has 1 aliphatic rings. The van der Waals surface area contributed by atoms with Gasteiger partial charge in [-0.05, 0) is 37.3 Å². The number of pyridine rings is 1. The van der Waals surface area contributed by atoms with Crippen LogP contribution >= 0.6 is 11.3 Å². The van der Waals surface area contributed by atoms with Gasteiger partial charge in [-0.25, -0.2) is 0 Å². The minimum absolute atomic E-state index is 0.0125. The Morgan fingerprint density at radius 2 is 1.97 bits per heavy atom. The first kappa shape index (κ1) is 25.4. The predicted octanol–water partition coefficient (Wildman–Crippen LogP) is 2.45. The Labute approximate surface area is 202 Å². The molecule has 3 rings (SSSR count). The smallest absolute Gasteiger partial charge is 0.325 e. The van der Waals surface area contributed by atoms with Crippen LogP contribution in [0.25, 0.3) is 0 Å². The number of hydrogen-bond donors (Lipinski definition) is 2. The number of hydrogen-bond acceptors (Lipinski definition) is 7. The lowest BCUT2D eigenvalue weighted by molar-refractivity contribution is -0.152. The van der Waals surface area contributed by atoms with Gasteiger partial charge in [-0.15, -0.1) is 11.3 Å². The topological polar surface area (TPSA) is 118 Å². The van der Waals surface area contributed by atoms with E-state index in [9.17, 15) is 19.2 Å². The van der Waals surface area contributed by atoms with Gasteiger partial charge in [0.1, 0.15) is 12.6 Å². The van der Waals surface area contributed by atoms with Gasteiger partial charge in [-0.3, -0.25) is 24.2 Å². The molecule has 0 bridgehead atoms. The molecule has 0 aliphatic heterocycles. The second-order valence-corrected chi connectivity index (χ2v) is 8.97. The molecule has 1 atom stereocenters. The fourth-order valence-electron chi connectivity index (χ4n) is 3.96. The Kier molecular flexibility index (Phi) is 9.57. The largest absolute Gasteiger partial charge is 0.465 e. The summed E-state index contributed by atoms with van der Waals surface area (Å²) in [7, 11) is 0. The molecule has 9 nitrogen and oxygen atoms in total. The molecule has 2 N–H and O–H groups in total. The van der Waals surface area contributed by atoms with Crippen LogP contribution in [0.2, 0.25) is 0 Å². The van der Waals surface area contributed by atoms with Crippen LogP contribution in [0.1, 0.15) is 60.3 Å². The number of thiophene rings is 1. The highest BCUT2D eigenvalue weighted by atomic mass is 32.1. The normalized spacial score (nSPS) is 14.6. The number of aromatic nitrogens is 1. The van der Waals surface area contributed by atoms with Gasteiger partial charge >= 0.3 is 5.97 Å². The zero-order chi connectivity index (χ0) is 24.3. The van der Waals surface area contributed by atoms with E-state index in [1.54, 1.807) is 42.8 Å². The lowest BCUT2D eigenvalue weighted by Crippen LogP contribution is -2.51. The number of esters is 1. The average molecular weight is 487 g/mol. The third-order valence-corrected chi connectivity index (χ3v) is 6.45. The maximum atomic E-state index is 13.5. The van der Waals surface area contributed by atoms with Crippen LogP contribution in [0.15, 0.2) is 42.0 Å². The molecule has 1 saturated carbocycles. The van der Waals surface area contributed by atoms with Gasteiger partial charge in [-0.1, -0.05) is 31.4 Å². The molecule has 0 radical (unpaired) electrons. The number of amides is 3. The molecule has 1 aliphatic carbocycles. The summed E-state index contributed by atoms with van der Waals surface area (Å²) in [5.41, 5.74) is 0.470. The molecule has 0 aromatic carbocycles. The van der Waals surface area contributed by atoms with E-state index >= 15 is 0 Å². The molecule has 1 fully saturated rings. The van der Waals surface area contributed by atoms with Crippen LogP contribution in [0.5, 0.6) is 0 Å². The van der Waals surface area contributed by atoms with E-state index in [1.807, 2.05) is 0 Å². The number of carbonyl (C=O) groups excluding carboxylic acids is 4. The quantitative estimate of drug-likeness (QED) is 0.498. The van der Waals surface area contributed by atoms with E-state index in [0.717, 1.165) is 37.0 Å². The van der Waals surface area contributed by atoms with Crippen molar-refractivity contribution >= 4 is 35.0 Å². The Bertz CT molecular complexity index is 961. The monoisotopic (exact) mass is 486 g/mol. The summed E-state index contributed by atoms with van der Waals surface area (Å²) in [5.74, 6) is -2.00. The standard InChI is InChI=1S/C24H30N4O5S/c1-2-33-21(30)16-28(20(29)15-26-23(31)19-11-7-13-34-19)22(17-8-6-12-25-14-17)24(32)27-18-9-4-3-5-10-18/h6-8,11-14,18,22H,2-5,9-10,15-16H2,1H3,(H,26,31)(H,27,32)/t22-/m0/s1. The van der Waals surface area contributed by atoms with E-state index in [4.69, 9.17) is 4.74 Å². The van der Waals surface area contributed by atoms with Crippen molar-refractivity contribution in [2.24, 2.45) is 0 Å². The van der Waals surface area contributed by atoms with Crippen molar-refractivity contribution < 1.29 is 23.9 Å². The predicted molar refractivity (Wildman–Crippen MR) is 127 cm³/mol. The van der Waals surface area contributed by atoms with Crippen LogP contribution in [-0.4, -0.2) is 59.3 Å². The lowest BCUT2D eigenvalue weighted by atomic mass is 9.95. The van der Waals surface area contributed by atoms with E-state index in [1.165, 1.54) is 17.5 Å². The summed E-state index contributed by atoms with van der Waals surface area (Å²) in [5, 5.41) is 7.39. The fourth-order valence-corrected chi connectivity index (χ4v) is 4.60. The SMILES string of the molecule is CCOC(=O)CN(C(=O)CNC(=O)c1cccs1)[C@H](C(=O)NC1CCCCC1)c1cccnc1. The first-order chi connectivity index (χ1) is 16.5. The fraction of sp³-hybridized carbons (Fsp3) is 0.458. The molecule has 10 heteroatoms. The van der Waals surface area contributed by atoms with E-state index in [2.05, 4.69) is 15.6 Å². The van der Waals surface area contributed by atoms with Gasteiger partial charge in [0.2, 0.25) is 11.8 Å². The highest BCUT2D eigenvalue weighted by molar-refractivity contribution is 7.12. The second kappa shape index (κ2) is 12.8. The van der Waals surface area contributed by atoms with E-state index in [-0.39, 0.29) is 25.1 Å². The van der Waals surface area contributed by atoms with Crippen molar-refractivity contribution in [3.63, 3.8) is 0 Å². The van der Waals surface area contributed by atoms with Crippen molar-refractivity contribution in [2.75, 3.05) is 19.7 Å². The summed E-state index contributed by atoms with van der Waals surface area (Å²) in [6.07, 6.45) is 8.00. The zero-order valence-electron chi connectivity index (χ0n) is 19.2. The van der Waals surface area contributed by atoms with Crippen molar-refractivity contribution in [1.82, 2.24) is 20.5 Å². The van der Waals surface area contributed by atoms with Crippen molar-refractivity contribution in [1.29, 1.82) is 0 Å². The summed E-state index contributed by atoms with van der Waals surface area (Å²) in [4.78, 5) is 57.2. The Morgan fingerprint density at radius 1 is 1.18 bits per heavy atom. The molecule has 182 valence electrons. The molecular weight excluding hydrogens is 456 g/mol. The van der Waals surface area contributed by atoms with Gasteiger partial charge in [0.05, 0.1) is 18.0 Å². The van der Waals surface area contributed by atoms with Crippen LogP contribution in [0.3, 0.4) is 0 Å². The number of ether oxygens (including phenoxy) is 1. The van der Waals surface area contributed by atoms with Crippen molar-refractivity contribution in [3.05, 3.63) is 52.5 Å². The van der Waals surface area contributed by atoms with Gasteiger partial charge < -0.3 is 20.3 Å². The number of nitrogens with one attached hydrogen (secondary N) is 2. The summed E-state index contributed by atoms with van der Waals surface area (Å²) in [6, 6.07) is 5.67. The van der Waals surface area contributed by atoms with Gasteiger partial charge in [-0.2, -0.15) is 0 Å². The zero-order valence-corrected chi connectivity index (χ0v) is 20.0. The maximum absolute atomic E-state index is 13.5. The Hall–Kier alpha value is -3.27. The van der Waals surface area contributed by atoms with Crippen LogP contribution in [0, 0.1) is 0 Å². The Morgan fingerprint density at radius 3 is 2.62 bits per heavy atom. The van der Waals surface area contributed by atoms with Gasteiger partial charge in [0.15, 0.2) is 0 Å². The first-order valence-electron chi connectivity index (χ1n) is 11.5. The van der Waals surface area contributed by atoms with E-state index in [0.29, 0.717) is 10.4 Å². The molecule has 2 aromatic rings. The Balaban J connectivity index is 1.83. The highest BCUT2D eigenvalue weighted by Crippen LogP contribution is 2.24. The number of nitrogens with zero attached hydrogens (tertiary/aromatic N) is 2. The number of carbonyl (C=O) groups is 4. The third-order valence-electron chi connectivity index (χ3n) is 5.58. The molecule has 3 amide bonds. The van der Waals surface area contributed by atoms with Gasteiger partial charge in [0.25, 0.3) is 5.91 Å². The molecule has 0 unspecified atom stereocenters. The van der Waals surface area contributed by atoms with Crippen molar-refractivity contribution in [2.45, 2.75) is 51.1 Å². The van der Waals surface area contributed by atoms with E-state index < -0.39 is 30.4 Å². The first-order valence-corrected chi connectivity index (χ1v) is 12.3.